The van der Waals surface area contributed by atoms with Gasteiger partial charge in [0.05, 0.1) is 0 Å². The number of imidazole rings is 1. The van der Waals surface area contributed by atoms with Gasteiger partial charge >= 0.3 is 59.7 Å². The van der Waals surface area contributed by atoms with Crippen molar-refractivity contribution in [1.29, 1.82) is 0 Å². The molecule has 0 N–H and O–H groups in total. The molecule has 0 saturated carbocycles. The molecule has 0 aliphatic rings. The van der Waals surface area contributed by atoms with Crippen molar-refractivity contribution in [3.05, 3.63) is 4.77 Å². The highest BCUT2D eigenvalue weighted by molar-refractivity contribution is 7.83. The van der Waals surface area contributed by atoms with Gasteiger partial charge in [-0.1, -0.05) is 0 Å². The highest BCUT2D eigenvalue weighted by Gasteiger charge is 2.88. The van der Waals surface area contributed by atoms with Gasteiger partial charge in [0.1, 0.15) is 10.1 Å². The zero-order valence-corrected chi connectivity index (χ0v) is 22.4. The lowest BCUT2D eigenvalue weighted by atomic mass is 9.96. The summed E-state index contributed by atoms with van der Waals surface area (Å²) >= 11 is 11.4. The molecule has 0 atom stereocenters. The standard InChI is InChI=1S/C17H10F22N2S3/c18-8(19,10(22,23)12(26,27)14(30,31)16(34,35)36)1-3-40-5(42)6(43)41(7(40)44)4-2-9(20,21)11(24,25)13(28,29)15(32,33)17(37,38)39/h42-43H,1-4H2. The Morgan fingerprint density at radius 1 is 0.409 bits per heavy atom. The van der Waals surface area contributed by atoms with E-state index in [1.165, 1.54) is 0 Å². The maximum atomic E-state index is 14.0. The van der Waals surface area contributed by atoms with Crippen molar-refractivity contribution in [3.8, 4) is 0 Å². The van der Waals surface area contributed by atoms with Gasteiger partial charge in [-0.05, 0) is 12.2 Å². The van der Waals surface area contributed by atoms with E-state index in [0.29, 0.717) is 0 Å². The van der Waals surface area contributed by atoms with E-state index in [1.807, 2.05) is 0 Å². The number of aromatic nitrogens is 2. The van der Waals surface area contributed by atoms with E-state index in [9.17, 15) is 96.6 Å². The largest absolute Gasteiger partial charge is 0.460 e. The van der Waals surface area contributed by atoms with E-state index < -0.39 is 100 Å². The Kier molecular flexibility index (Phi) is 10.5. The zero-order chi connectivity index (χ0) is 35.7. The van der Waals surface area contributed by atoms with E-state index in [1.54, 1.807) is 0 Å². The van der Waals surface area contributed by atoms with Crippen LogP contribution in [0.4, 0.5) is 96.6 Å². The van der Waals surface area contributed by atoms with Crippen LogP contribution in [0.15, 0.2) is 10.1 Å². The molecule has 44 heavy (non-hydrogen) atoms. The van der Waals surface area contributed by atoms with Crippen molar-refractivity contribution in [2.45, 2.75) is 95.7 Å². The fraction of sp³-hybridized carbons (Fsp3) is 0.824. The maximum absolute atomic E-state index is 14.0. The number of thiol groups is 2. The van der Waals surface area contributed by atoms with Crippen LogP contribution in [0.1, 0.15) is 12.8 Å². The molecular weight excluding hydrogens is 746 g/mol. The molecule has 0 saturated heterocycles. The SMILES string of the molecule is FC(F)(F)C(F)(F)C(F)(F)C(F)(F)C(F)(F)CCn1c(S)c(S)n(CCC(F)(F)C(F)(F)C(F)(F)C(F)(F)C(F)(F)F)c1=S. The summed E-state index contributed by atoms with van der Waals surface area (Å²) in [6, 6.07) is 0. The Labute approximate surface area is 244 Å². The smallest absolute Gasteiger partial charge is 0.311 e. The minimum Gasteiger partial charge on any atom is -0.311 e. The molecule has 1 aromatic rings. The lowest BCUT2D eigenvalue weighted by Crippen LogP contribution is -2.66. The lowest BCUT2D eigenvalue weighted by Gasteiger charge is -2.37. The number of hydrogen-bond acceptors (Lipinski definition) is 3. The molecule has 2 nitrogen and oxygen atoms in total. The predicted octanol–water partition coefficient (Wildman–Crippen LogP) is 9.58. The first-order valence-electron chi connectivity index (χ1n) is 10.3. The molecule has 0 amide bonds. The van der Waals surface area contributed by atoms with Crippen LogP contribution in [0.3, 0.4) is 0 Å². The minimum absolute atomic E-state index is 0.0898. The maximum Gasteiger partial charge on any atom is 0.460 e. The average molecular weight is 756 g/mol. The fourth-order valence-electron chi connectivity index (χ4n) is 3.00. The predicted molar refractivity (Wildman–Crippen MR) is 109 cm³/mol. The second-order valence-electron chi connectivity index (χ2n) is 8.58. The van der Waals surface area contributed by atoms with Gasteiger partial charge in [-0.25, -0.2) is 0 Å². The molecule has 27 heteroatoms. The van der Waals surface area contributed by atoms with Gasteiger partial charge in [-0.2, -0.15) is 96.6 Å². The summed E-state index contributed by atoms with van der Waals surface area (Å²) < 4.78 is 288. The van der Waals surface area contributed by atoms with E-state index >= 15 is 0 Å². The third-order valence-electron chi connectivity index (χ3n) is 5.68. The summed E-state index contributed by atoms with van der Waals surface area (Å²) in [5, 5.41) is -2.12. The van der Waals surface area contributed by atoms with Crippen LogP contribution in [-0.2, 0) is 13.1 Å². The molecule has 1 aromatic heterocycles. The molecule has 0 aliphatic heterocycles. The molecule has 260 valence electrons. The first kappa shape index (κ1) is 40.6. The third-order valence-corrected chi connectivity index (χ3v) is 7.20. The Morgan fingerprint density at radius 3 is 0.841 bits per heavy atom. The molecule has 0 aliphatic carbocycles. The van der Waals surface area contributed by atoms with Crippen molar-refractivity contribution in [3.63, 3.8) is 0 Å². The van der Waals surface area contributed by atoms with E-state index in [4.69, 9.17) is 0 Å². The minimum atomic E-state index is -7.80. The van der Waals surface area contributed by atoms with E-state index in [2.05, 4.69) is 37.5 Å². The molecule has 0 bridgehead atoms. The number of alkyl halides is 22. The number of nitrogens with zero attached hydrogens (tertiary/aromatic N) is 2. The van der Waals surface area contributed by atoms with E-state index in [0.717, 1.165) is 0 Å². The van der Waals surface area contributed by atoms with Crippen molar-refractivity contribution in [2.75, 3.05) is 0 Å². The van der Waals surface area contributed by atoms with E-state index in [-0.39, 0.29) is 9.13 Å². The monoisotopic (exact) mass is 756 g/mol. The highest BCUT2D eigenvalue weighted by atomic mass is 32.1. The molecule has 0 spiro atoms. The average Bonchev–Trinajstić information content (AvgIpc) is 3.01. The third kappa shape index (κ3) is 6.04. The Hall–Kier alpha value is -1.41. The Balaban J connectivity index is 3.38. The molecule has 0 aromatic carbocycles. The van der Waals surface area contributed by atoms with Crippen LogP contribution in [0.5, 0.6) is 0 Å². The van der Waals surface area contributed by atoms with Crippen molar-refractivity contribution < 1.29 is 96.6 Å². The van der Waals surface area contributed by atoms with Gasteiger partial charge in [0.2, 0.25) is 0 Å². The number of rotatable bonds is 12. The summed E-state index contributed by atoms with van der Waals surface area (Å²) in [4.78, 5) is 0. The summed E-state index contributed by atoms with van der Waals surface area (Å²) in [6.45, 7) is -3.87. The van der Waals surface area contributed by atoms with Crippen LogP contribution in [0.25, 0.3) is 0 Å². The number of halogens is 22. The van der Waals surface area contributed by atoms with Crippen molar-refractivity contribution in [2.24, 2.45) is 0 Å². The molecular formula is C17H10F22N2S3. The van der Waals surface area contributed by atoms with Gasteiger partial charge < -0.3 is 9.13 Å². The first-order chi connectivity index (χ1) is 18.9. The van der Waals surface area contributed by atoms with Gasteiger partial charge in [-0.3, -0.25) is 0 Å². The molecule has 1 heterocycles. The van der Waals surface area contributed by atoms with Gasteiger partial charge in [0.15, 0.2) is 4.77 Å². The number of hydrogen-bond donors (Lipinski definition) is 2. The van der Waals surface area contributed by atoms with Crippen LogP contribution in [0.2, 0.25) is 0 Å². The fourth-order valence-corrected chi connectivity index (χ4v) is 4.13. The van der Waals surface area contributed by atoms with Crippen molar-refractivity contribution >= 4 is 37.5 Å². The summed E-state index contributed by atoms with van der Waals surface area (Å²) in [5.41, 5.74) is 0. The van der Waals surface area contributed by atoms with Crippen LogP contribution < -0.4 is 0 Å². The first-order valence-corrected chi connectivity index (χ1v) is 11.6. The van der Waals surface area contributed by atoms with Crippen LogP contribution >= 0.6 is 37.5 Å². The van der Waals surface area contributed by atoms with Gasteiger partial charge in [0.25, 0.3) is 0 Å². The Morgan fingerprint density at radius 2 is 0.636 bits per heavy atom. The summed E-state index contributed by atoms with van der Waals surface area (Å²) in [7, 11) is 0. The topological polar surface area (TPSA) is 9.86 Å². The van der Waals surface area contributed by atoms with Crippen molar-refractivity contribution in [1.82, 2.24) is 9.13 Å². The van der Waals surface area contributed by atoms with Crippen LogP contribution in [0, 0.1) is 4.77 Å². The molecule has 0 radical (unpaired) electrons. The second-order valence-corrected chi connectivity index (χ2v) is 9.80. The lowest BCUT2D eigenvalue weighted by molar-refractivity contribution is -0.422. The zero-order valence-electron chi connectivity index (χ0n) is 19.8. The van der Waals surface area contributed by atoms with Gasteiger partial charge in [0, 0.05) is 25.9 Å². The second kappa shape index (κ2) is 11.4. The molecule has 0 fully saturated rings. The Bertz CT molecular complexity index is 1160. The molecule has 0 unspecified atom stereocenters. The van der Waals surface area contributed by atoms with Crippen LogP contribution in [-0.4, -0.2) is 68.9 Å². The normalized spacial score (nSPS) is 15.7. The molecule has 1 rings (SSSR count). The quantitative estimate of drug-likeness (QED) is 0.123. The summed E-state index contributed by atoms with van der Waals surface area (Å²) in [6.07, 6.45) is -20.6. The van der Waals surface area contributed by atoms with Gasteiger partial charge in [-0.15, -0.1) is 25.3 Å². The summed E-state index contributed by atoms with van der Waals surface area (Å²) in [5.74, 6) is -58.9. The highest BCUT2D eigenvalue weighted by Crippen LogP contribution is 2.59.